The van der Waals surface area contributed by atoms with Crippen LogP contribution in [0.1, 0.15) is 37.6 Å². The molecule has 1 aromatic heterocycles. The van der Waals surface area contributed by atoms with Crippen molar-refractivity contribution in [2.75, 3.05) is 6.54 Å². The molecule has 3 N–H and O–H groups in total. The molecule has 0 aliphatic rings. The summed E-state index contributed by atoms with van der Waals surface area (Å²) in [6, 6.07) is 2.75. The summed E-state index contributed by atoms with van der Waals surface area (Å²) in [7, 11) is 0. The van der Waals surface area contributed by atoms with Gasteiger partial charge in [-0.2, -0.15) is 0 Å². The molecule has 0 spiro atoms. The lowest BCUT2D eigenvalue weighted by molar-refractivity contribution is 0.0868. The lowest BCUT2D eigenvalue weighted by atomic mass is 9.89. The lowest BCUT2D eigenvalue weighted by Crippen LogP contribution is -2.34. The molecule has 0 fully saturated rings. The molecule has 100 valence electrons. The number of pyridine rings is 1. The average Bonchev–Trinajstić information content (AvgIpc) is 2.23. The van der Waals surface area contributed by atoms with Gasteiger partial charge in [-0.3, -0.25) is 9.59 Å². The Morgan fingerprint density at radius 2 is 2.17 bits per heavy atom. The summed E-state index contributed by atoms with van der Waals surface area (Å²) in [6.45, 7) is 6.25. The number of nitrogens with one attached hydrogen (secondary N) is 2. The highest BCUT2D eigenvalue weighted by molar-refractivity contribution is 5.93. The van der Waals surface area contributed by atoms with Gasteiger partial charge in [-0.05, 0) is 17.9 Å². The average molecular weight is 252 g/mol. The number of aliphatic hydroxyl groups is 1. The minimum absolute atomic E-state index is 0.00798. The molecule has 1 amide bonds. The Hall–Kier alpha value is -1.62. The van der Waals surface area contributed by atoms with E-state index in [0.717, 1.165) is 0 Å². The standard InChI is InChI=1S/C13H20N2O3/c1-13(2,3)7-10(16)8-15-12(18)9-4-5-14-11(17)6-9/h4-6,10,16H,7-8H2,1-3H3,(H,14,17)(H,15,18). The molecule has 0 aromatic carbocycles. The van der Waals surface area contributed by atoms with Gasteiger partial charge in [-0.15, -0.1) is 0 Å². The van der Waals surface area contributed by atoms with E-state index in [1.165, 1.54) is 18.3 Å². The maximum absolute atomic E-state index is 11.7. The number of hydrogen-bond donors (Lipinski definition) is 3. The van der Waals surface area contributed by atoms with Crippen LogP contribution in [0.25, 0.3) is 0 Å². The normalized spacial score (nSPS) is 13.1. The fraction of sp³-hybridized carbons (Fsp3) is 0.538. The number of aliphatic hydroxyl groups excluding tert-OH is 1. The molecule has 1 atom stereocenters. The molecule has 1 rings (SSSR count). The van der Waals surface area contributed by atoms with Gasteiger partial charge in [0.25, 0.3) is 5.91 Å². The molecular formula is C13H20N2O3. The summed E-state index contributed by atoms with van der Waals surface area (Å²) in [4.78, 5) is 25.2. The van der Waals surface area contributed by atoms with Crippen LogP contribution in [0, 0.1) is 5.41 Å². The van der Waals surface area contributed by atoms with Crippen LogP contribution in [-0.4, -0.2) is 28.6 Å². The third-order valence-electron chi connectivity index (χ3n) is 2.38. The topological polar surface area (TPSA) is 82.2 Å². The zero-order valence-electron chi connectivity index (χ0n) is 11.0. The van der Waals surface area contributed by atoms with Gasteiger partial charge in [0.15, 0.2) is 0 Å². The molecule has 1 unspecified atom stereocenters. The van der Waals surface area contributed by atoms with Gasteiger partial charge < -0.3 is 15.4 Å². The van der Waals surface area contributed by atoms with E-state index in [4.69, 9.17) is 0 Å². The number of carbonyl (C=O) groups excluding carboxylic acids is 1. The van der Waals surface area contributed by atoms with Gasteiger partial charge in [0.1, 0.15) is 0 Å². The fourth-order valence-corrected chi connectivity index (χ4v) is 1.68. The highest BCUT2D eigenvalue weighted by Crippen LogP contribution is 2.20. The quantitative estimate of drug-likeness (QED) is 0.744. The second kappa shape index (κ2) is 5.82. The second-order valence-corrected chi connectivity index (χ2v) is 5.57. The number of aromatic nitrogens is 1. The third-order valence-corrected chi connectivity index (χ3v) is 2.38. The number of H-pyrrole nitrogens is 1. The molecule has 0 saturated carbocycles. The molecule has 5 heteroatoms. The van der Waals surface area contributed by atoms with Gasteiger partial charge in [-0.25, -0.2) is 0 Å². The molecule has 0 bridgehead atoms. The Balaban J connectivity index is 2.49. The predicted octanol–water partition coefficient (Wildman–Crippen LogP) is 0.902. The molecule has 1 aromatic rings. The predicted molar refractivity (Wildman–Crippen MR) is 69.5 cm³/mol. The Labute approximate surface area is 106 Å². The Bertz CT molecular complexity index is 460. The Kier molecular flexibility index (Phi) is 4.67. The van der Waals surface area contributed by atoms with Crippen molar-refractivity contribution in [1.29, 1.82) is 0 Å². The summed E-state index contributed by atoms with van der Waals surface area (Å²) in [5.74, 6) is -0.353. The minimum atomic E-state index is -0.587. The van der Waals surface area contributed by atoms with E-state index in [1.807, 2.05) is 20.8 Å². The SMILES string of the molecule is CC(C)(C)CC(O)CNC(=O)c1cc[nH]c(=O)c1. The first-order valence-corrected chi connectivity index (χ1v) is 5.93. The second-order valence-electron chi connectivity index (χ2n) is 5.57. The molecule has 0 radical (unpaired) electrons. The highest BCUT2D eigenvalue weighted by Gasteiger charge is 2.17. The van der Waals surface area contributed by atoms with Gasteiger partial charge >= 0.3 is 0 Å². The van der Waals surface area contributed by atoms with Crippen molar-refractivity contribution in [1.82, 2.24) is 10.3 Å². The van der Waals surface area contributed by atoms with Gasteiger partial charge in [0, 0.05) is 24.4 Å². The van der Waals surface area contributed by atoms with Crippen LogP contribution < -0.4 is 10.9 Å². The van der Waals surface area contributed by atoms with E-state index in [-0.39, 0.29) is 23.4 Å². The highest BCUT2D eigenvalue weighted by atomic mass is 16.3. The number of aromatic amines is 1. The first-order chi connectivity index (χ1) is 8.28. The summed E-state index contributed by atoms with van der Waals surface area (Å²) in [5, 5.41) is 12.4. The Morgan fingerprint density at radius 3 is 2.72 bits per heavy atom. The molecule has 5 nitrogen and oxygen atoms in total. The zero-order valence-corrected chi connectivity index (χ0v) is 11.0. The molecular weight excluding hydrogens is 232 g/mol. The maximum Gasteiger partial charge on any atom is 0.251 e. The smallest absolute Gasteiger partial charge is 0.251 e. The van der Waals surface area contributed by atoms with Crippen LogP contribution in [-0.2, 0) is 0 Å². The largest absolute Gasteiger partial charge is 0.391 e. The molecule has 0 aliphatic carbocycles. The maximum atomic E-state index is 11.7. The van der Waals surface area contributed by atoms with E-state index in [9.17, 15) is 14.7 Å². The summed E-state index contributed by atoms with van der Waals surface area (Å²) in [5.41, 5.74) is -0.0202. The fourth-order valence-electron chi connectivity index (χ4n) is 1.68. The van der Waals surface area contributed by atoms with E-state index >= 15 is 0 Å². The minimum Gasteiger partial charge on any atom is -0.391 e. The number of hydrogen-bond acceptors (Lipinski definition) is 3. The van der Waals surface area contributed by atoms with E-state index < -0.39 is 6.10 Å². The van der Waals surface area contributed by atoms with Crippen LogP contribution in [0.5, 0.6) is 0 Å². The molecule has 0 aliphatic heterocycles. The zero-order chi connectivity index (χ0) is 13.8. The van der Waals surface area contributed by atoms with Crippen molar-refractivity contribution >= 4 is 5.91 Å². The van der Waals surface area contributed by atoms with E-state index in [0.29, 0.717) is 12.0 Å². The van der Waals surface area contributed by atoms with Crippen LogP contribution in [0.2, 0.25) is 0 Å². The first-order valence-electron chi connectivity index (χ1n) is 5.93. The Morgan fingerprint density at radius 1 is 1.50 bits per heavy atom. The third kappa shape index (κ3) is 5.14. The van der Waals surface area contributed by atoms with Gasteiger partial charge in [0.05, 0.1) is 6.10 Å². The summed E-state index contributed by atoms with van der Waals surface area (Å²) >= 11 is 0. The van der Waals surface area contributed by atoms with Crippen molar-refractivity contribution in [3.8, 4) is 0 Å². The van der Waals surface area contributed by atoms with E-state index in [1.54, 1.807) is 0 Å². The number of amides is 1. The van der Waals surface area contributed by atoms with Crippen molar-refractivity contribution in [3.05, 3.63) is 34.2 Å². The van der Waals surface area contributed by atoms with Gasteiger partial charge in [-0.1, -0.05) is 20.8 Å². The first kappa shape index (κ1) is 14.4. The number of rotatable bonds is 4. The molecule has 1 heterocycles. The van der Waals surface area contributed by atoms with Crippen LogP contribution in [0.3, 0.4) is 0 Å². The van der Waals surface area contributed by atoms with E-state index in [2.05, 4.69) is 10.3 Å². The van der Waals surface area contributed by atoms with Crippen molar-refractivity contribution in [2.24, 2.45) is 5.41 Å². The van der Waals surface area contributed by atoms with Crippen molar-refractivity contribution in [2.45, 2.75) is 33.3 Å². The summed E-state index contributed by atoms with van der Waals surface area (Å²) in [6.07, 6.45) is 1.43. The van der Waals surface area contributed by atoms with Crippen molar-refractivity contribution in [3.63, 3.8) is 0 Å². The lowest BCUT2D eigenvalue weighted by Gasteiger charge is -2.22. The van der Waals surface area contributed by atoms with Crippen LogP contribution in [0.15, 0.2) is 23.1 Å². The van der Waals surface area contributed by atoms with Gasteiger partial charge in [0.2, 0.25) is 5.56 Å². The number of carbonyl (C=O) groups is 1. The molecule has 18 heavy (non-hydrogen) atoms. The monoisotopic (exact) mass is 252 g/mol. The molecule has 0 saturated heterocycles. The van der Waals surface area contributed by atoms with Crippen LogP contribution >= 0.6 is 0 Å². The van der Waals surface area contributed by atoms with Crippen molar-refractivity contribution < 1.29 is 9.90 Å². The van der Waals surface area contributed by atoms with Crippen LogP contribution in [0.4, 0.5) is 0 Å². The summed E-state index contributed by atoms with van der Waals surface area (Å²) < 4.78 is 0.